The van der Waals surface area contributed by atoms with Gasteiger partial charge >= 0.3 is 0 Å². The third kappa shape index (κ3) is 12.4. The highest BCUT2D eigenvalue weighted by Gasteiger charge is 2.37. The lowest BCUT2D eigenvalue weighted by Crippen LogP contribution is -2.54. The molecule has 4 fully saturated rings. The number of halogens is 2. The van der Waals surface area contributed by atoms with Gasteiger partial charge in [0.2, 0.25) is 10.0 Å². The maximum atomic E-state index is 15.0. The highest BCUT2D eigenvalue weighted by Crippen LogP contribution is 2.40. The number of aromatic nitrogens is 1. The van der Waals surface area contributed by atoms with Crippen LogP contribution in [0.2, 0.25) is 0 Å². The number of nitrogens with one attached hydrogen (secondary N) is 3. The van der Waals surface area contributed by atoms with Crippen LogP contribution in [0.1, 0.15) is 105 Å². The average Bonchev–Trinajstić information content (AvgIpc) is 2.19. The number of sulfonamides is 1. The number of pyridine rings is 1. The molecule has 22 heteroatoms. The molecule has 88 heavy (non-hydrogen) atoms. The van der Waals surface area contributed by atoms with Crippen LogP contribution in [0.5, 0.6) is 0 Å². The number of piperidine rings is 2. The van der Waals surface area contributed by atoms with Gasteiger partial charge in [0.25, 0.3) is 11.8 Å². The Morgan fingerprint density at radius 2 is 1.14 bits per heavy atom. The van der Waals surface area contributed by atoms with Crippen LogP contribution in [-0.2, 0) is 19.8 Å². The highest BCUT2D eigenvalue weighted by atomic mass is 32.2. The summed E-state index contributed by atoms with van der Waals surface area (Å²) in [4.78, 5) is 45.4. The second kappa shape index (κ2) is 25.1. The van der Waals surface area contributed by atoms with Crippen LogP contribution in [0.25, 0.3) is 11.1 Å². The van der Waals surface area contributed by atoms with Crippen molar-refractivity contribution in [3.8, 4) is 23.3 Å². The minimum absolute atomic E-state index is 0.0217. The third-order valence-electron chi connectivity index (χ3n) is 18.2. The summed E-state index contributed by atoms with van der Waals surface area (Å²) in [6, 6.07) is 23.7. The van der Waals surface area contributed by atoms with Gasteiger partial charge in [-0.2, -0.15) is 10.5 Å². The summed E-state index contributed by atoms with van der Waals surface area (Å²) in [6.45, 7) is 20.2. The van der Waals surface area contributed by atoms with E-state index in [4.69, 9.17) is 9.92 Å². The number of hydrogen-bond acceptors (Lipinski definition) is 15. The van der Waals surface area contributed by atoms with E-state index in [-0.39, 0.29) is 71.2 Å². The van der Waals surface area contributed by atoms with E-state index in [1.165, 1.54) is 24.5 Å². The van der Waals surface area contributed by atoms with Crippen LogP contribution in [0.4, 0.5) is 43.0 Å². The fourth-order valence-corrected chi connectivity index (χ4v) is 15.8. The van der Waals surface area contributed by atoms with Gasteiger partial charge in [0.15, 0.2) is 0 Å². The molecule has 0 spiro atoms. The van der Waals surface area contributed by atoms with Gasteiger partial charge < -0.3 is 40.0 Å². The number of rotatable bonds is 13. The number of amides is 2. The van der Waals surface area contributed by atoms with Crippen LogP contribution >= 0.6 is 0 Å². The number of benzene rings is 5. The van der Waals surface area contributed by atoms with Gasteiger partial charge in [-0.25, -0.2) is 36.3 Å². The number of hydrogen-bond donors (Lipinski definition) is 4. The quantitative estimate of drug-likeness (QED) is 0.0842. The number of primary sulfonamides is 1. The van der Waals surface area contributed by atoms with Gasteiger partial charge in [0.1, 0.15) is 39.4 Å². The number of aryl methyl sites for hydroxylation is 4. The van der Waals surface area contributed by atoms with E-state index in [1.54, 1.807) is 42.6 Å². The zero-order valence-electron chi connectivity index (χ0n) is 51.4. The molecule has 5 heterocycles. The number of carbonyl (C=O) groups excluding carboxylic acids is 2. The fourth-order valence-electron chi connectivity index (χ4n) is 13.9. The summed E-state index contributed by atoms with van der Waals surface area (Å²) in [7, 11) is -7.77. The van der Waals surface area contributed by atoms with Gasteiger partial charge in [0.05, 0.1) is 37.9 Å². The van der Waals surface area contributed by atoms with E-state index >= 15 is 0 Å². The van der Waals surface area contributed by atoms with Crippen molar-refractivity contribution >= 4 is 65.8 Å². The lowest BCUT2D eigenvalue weighted by molar-refractivity contribution is 0.0664. The number of nitrogens with zero attached hydrogens (tertiary/aromatic N) is 9. The first-order chi connectivity index (χ1) is 41.8. The van der Waals surface area contributed by atoms with Crippen LogP contribution in [-0.4, -0.2) is 135 Å². The van der Waals surface area contributed by atoms with Crippen molar-refractivity contribution in [1.29, 1.82) is 15.3 Å². The molecule has 462 valence electrons. The number of anilines is 6. The van der Waals surface area contributed by atoms with Crippen molar-refractivity contribution in [1.82, 2.24) is 14.8 Å². The predicted molar refractivity (Wildman–Crippen MR) is 343 cm³/mol. The molecule has 0 unspecified atom stereocenters. The van der Waals surface area contributed by atoms with Crippen LogP contribution < -0.4 is 35.4 Å². The van der Waals surface area contributed by atoms with E-state index in [2.05, 4.69) is 37.6 Å². The zero-order chi connectivity index (χ0) is 63.3. The first-order valence-electron chi connectivity index (χ1n) is 29.9. The summed E-state index contributed by atoms with van der Waals surface area (Å²) in [5, 5.41) is 33.7. The van der Waals surface area contributed by atoms with E-state index in [0.717, 1.165) is 63.3 Å². The molecule has 4 aliphatic rings. The number of nitrogens with two attached hydrogens (primary N) is 1. The van der Waals surface area contributed by atoms with Crippen molar-refractivity contribution in [2.75, 3.05) is 102 Å². The molecule has 0 aliphatic carbocycles. The van der Waals surface area contributed by atoms with E-state index in [0.29, 0.717) is 103 Å². The van der Waals surface area contributed by atoms with Gasteiger partial charge in [-0.1, -0.05) is 24.3 Å². The molecule has 6 aromatic rings. The molecule has 0 bridgehead atoms. The van der Waals surface area contributed by atoms with Gasteiger partial charge in [-0.15, -0.1) is 0 Å². The summed E-state index contributed by atoms with van der Waals surface area (Å²) in [6.07, 6.45) is 5.71. The molecular weight excluding hydrogens is 1160 g/mol. The second-order valence-electron chi connectivity index (χ2n) is 24.3. The second-order valence-corrected chi connectivity index (χ2v) is 27.9. The van der Waals surface area contributed by atoms with Crippen LogP contribution in [0.15, 0.2) is 88.8 Å². The molecule has 5 aromatic carbocycles. The summed E-state index contributed by atoms with van der Waals surface area (Å²) in [5.41, 5.74) is 11.8. The molecule has 5 N–H and O–H groups in total. The third-order valence-corrected chi connectivity index (χ3v) is 20.3. The first-order valence-corrected chi connectivity index (χ1v) is 33.4. The average molecular weight is 1230 g/mol. The van der Waals surface area contributed by atoms with Crippen molar-refractivity contribution < 1.29 is 31.0 Å². The Morgan fingerprint density at radius 3 is 1.65 bits per heavy atom. The Labute approximate surface area is 515 Å². The van der Waals surface area contributed by atoms with Crippen molar-refractivity contribution in [2.45, 2.75) is 115 Å². The minimum Gasteiger partial charge on any atom is -0.382 e. The molecule has 2 amide bonds. The fraction of sp³-hybridized carbons (Fsp3) is 0.409. The van der Waals surface area contributed by atoms with Gasteiger partial charge in [-0.3, -0.25) is 9.59 Å². The van der Waals surface area contributed by atoms with Crippen molar-refractivity contribution in [3.63, 3.8) is 0 Å². The molecule has 10 rings (SSSR count). The Hall–Kier alpha value is -8.31. The molecular formula is C66H77F2N13O5S2. The van der Waals surface area contributed by atoms with Gasteiger partial charge in [-0.05, 0) is 169 Å². The standard InChI is InChI=1S/C66H77F2N13O5S2/c1-39-31-42(4)61(45(7)58(39)65(82)80-29-27-78(37-43(80)5)56-12-10-11-54(68)63(56)87(9,71)84)75-52-20-25-77(26-21-52)57-34-47(13-14-48(57)35-69)53-17-22-73-64(62(53)88(72,85)86)79-28-30-81(44(6)38-79)66(83)59-40(2)32-41(3)60(46(59)8)74-51-18-23-76(24-19-51)55-16-15-50(67)33-49(55)36-70/h10-17,22,31-34,43-44,51-52,71,74-75H,18-21,23-30,37-38H2,1-9H3,(H2,72,85,86)/t43-,44-,87+/m0/s1. The number of nitriles is 2. The van der Waals surface area contributed by atoms with E-state index < -0.39 is 31.4 Å². The van der Waals surface area contributed by atoms with Crippen LogP contribution in [0, 0.1) is 80.6 Å². The normalized spacial score (nSPS) is 18.6. The topological polar surface area (TPSA) is 239 Å². The molecule has 0 radical (unpaired) electrons. The van der Waals surface area contributed by atoms with E-state index in [1.807, 2.05) is 93.2 Å². The number of piperazine rings is 2. The highest BCUT2D eigenvalue weighted by molar-refractivity contribution is 7.92. The zero-order valence-corrected chi connectivity index (χ0v) is 53.1. The van der Waals surface area contributed by atoms with Crippen LogP contribution in [0.3, 0.4) is 0 Å². The smallest absolute Gasteiger partial charge is 0.254 e. The molecule has 3 atom stereocenters. The SMILES string of the molecule is Cc1cc(C)c(C(=O)N2CCN(c3cccc(F)c3[S@](C)(=N)=O)C[C@@H]2C)c(C)c1NC1CCN(c2cc(-c3ccnc(N4CCN(C(=O)c5c(C)cc(C)c(NC6CCN(c7ccc(F)cc7C#N)CC6)c5C)[C@@H](C)C4)c3S(N)(=O)=O)ccc2C#N)CC1. The number of carbonyl (C=O) groups is 2. The lowest BCUT2D eigenvalue weighted by atomic mass is 9.94. The monoisotopic (exact) mass is 1230 g/mol. The summed E-state index contributed by atoms with van der Waals surface area (Å²) >= 11 is 0. The Morgan fingerprint density at radius 1 is 0.614 bits per heavy atom. The summed E-state index contributed by atoms with van der Waals surface area (Å²) in [5.74, 6) is -1.18. The maximum Gasteiger partial charge on any atom is 0.254 e. The molecule has 0 saturated carbocycles. The Bertz CT molecular complexity index is 4080. The Balaban J connectivity index is 0.810. The largest absolute Gasteiger partial charge is 0.382 e. The minimum atomic E-state index is -4.40. The molecule has 4 saturated heterocycles. The van der Waals surface area contributed by atoms with Crippen molar-refractivity contribution in [2.24, 2.45) is 5.14 Å². The molecule has 18 nitrogen and oxygen atoms in total. The first kappa shape index (κ1) is 62.7. The van der Waals surface area contributed by atoms with Crippen molar-refractivity contribution in [3.05, 3.63) is 146 Å². The summed E-state index contributed by atoms with van der Waals surface area (Å²) < 4.78 is 77.6. The predicted octanol–water partition coefficient (Wildman–Crippen LogP) is 10.2. The molecule has 4 aliphatic heterocycles. The maximum absolute atomic E-state index is 15.0. The molecule has 1 aromatic heterocycles. The Kier molecular flexibility index (Phi) is 17.9. The van der Waals surface area contributed by atoms with E-state index in [9.17, 15) is 41.5 Å². The van der Waals surface area contributed by atoms with Gasteiger partial charge in [0, 0.05) is 130 Å². The lowest BCUT2D eigenvalue weighted by Gasteiger charge is -2.42.